The average molecular weight is 544 g/mol. The van der Waals surface area contributed by atoms with Gasteiger partial charge < -0.3 is 14.7 Å². The molecule has 4 aromatic rings. The van der Waals surface area contributed by atoms with Crippen molar-refractivity contribution in [2.45, 2.75) is 20.3 Å². The highest BCUT2D eigenvalue weighted by molar-refractivity contribution is 6.32. The van der Waals surface area contributed by atoms with Gasteiger partial charge in [-0.3, -0.25) is 9.59 Å². The van der Waals surface area contributed by atoms with E-state index in [0.717, 1.165) is 22.8 Å². The molecule has 7 nitrogen and oxygen atoms in total. The van der Waals surface area contributed by atoms with Crippen LogP contribution in [0.3, 0.4) is 0 Å². The third kappa shape index (κ3) is 6.94. The number of benzene rings is 4. The number of halogens is 1. The van der Waals surface area contributed by atoms with Crippen molar-refractivity contribution in [3.63, 3.8) is 0 Å². The lowest BCUT2D eigenvalue weighted by Crippen LogP contribution is -2.33. The van der Waals surface area contributed by atoms with E-state index < -0.39 is 5.91 Å². The average Bonchev–Trinajstić information content (AvgIpc) is 2.94. The van der Waals surface area contributed by atoms with E-state index in [1.165, 1.54) is 41.1 Å². The predicted octanol–water partition coefficient (Wildman–Crippen LogP) is 5.66. The molecule has 0 radical (unpaired) electrons. The molecule has 39 heavy (non-hydrogen) atoms. The van der Waals surface area contributed by atoms with Crippen LogP contribution < -0.4 is 10.2 Å². The summed E-state index contributed by atoms with van der Waals surface area (Å²) in [6.45, 7) is 4.70. The number of fused-ring (bicyclic) bond motifs is 1. The molecule has 4 rings (SSSR count). The molecule has 0 spiro atoms. The third-order valence-electron chi connectivity index (χ3n) is 6.58. The van der Waals surface area contributed by atoms with Crippen molar-refractivity contribution in [1.82, 2.24) is 10.3 Å². The molecule has 8 heteroatoms. The SMILES string of the molecule is Cc1ccc(CCN(C)C(=O)COc2ccc(/C=N\NC(=O)c3ccc(O)c(Cl)c3)c3ccccc23)cc1C. The van der Waals surface area contributed by atoms with E-state index in [1.807, 2.05) is 30.3 Å². The molecule has 0 heterocycles. The standard InChI is InChI=1S/C31H30ClN3O4/c1-20-8-9-22(16-21(20)2)14-15-35(3)30(37)19-39-29-13-11-24(25-6-4-5-7-26(25)29)18-33-34-31(38)23-10-12-28(36)27(32)17-23/h4-13,16-18,36H,14-15,19H2,1-3H3,(H,34,38)/b33-18-. The van der Waals surface area contributed by atoms with Crippen LogP contribution in [0.4, 0.5) is 0 Å². The smallest absolute Gasteiger partial charge is 0.271 e. The maximum atomic E-state index is 12.7. The third-order valence-corrected chi connectivity index (χ3v) is 6.88. The van der Waals surface area contributed by atoms with E-state index in [4.69, 9.17) is 16.3 Å². The van der Waals surface area contributed by atoms with Crippen molar-refractivity contribution in [2.75, 3.05) is 20.2 Å². The number of nitrogens with zero attached hydrogens (tertiary/aromatic N) is 2. The quantitative estimate of drug-likeness (QED) is 0.210. The molecule has 0 saturated carbocycles. The first-order chi connectivity index (χ1) is 18.7. The van der Waals surface area contributed by atoms with Crippen LogP contribution in [0, 0.1) is 13.8 Å². The number of aryl methyl sites for hydroxylation is 2. The first-order valence-corrected chi connectivity index (χ1v) is 12.9. The second-order valence-electron chi connectivity index (χ2n) is 9.34. The summed E-state index contributed by atoms with van der Waals surface area (Å²) in [5.74, 6) is -0.0826. The molecule has 0 aromatic heterocycles. The Kier molecular flexibility index (Phi) is 8.84. The Morgan fingerprint density at radius 3 is 2.51 bits per heavy atom. The van der Waals surface area contributed by atoms with Crippen molar-refractivity contribution in [3.05, 3.63) is 106 Å². The molecule has 2 amide bonds. The zero-order valence-corrected chi connectivity index (χ0v) is 22.8. The van der Waals surface area contributed by atoms with Crippen LogP contribution in [-0.4, -0.2) is 48.2 Å². The summed E-state index contributed by atoms with van der Waals surface area (Å²) >= 11 is 5.88. The lowest BCUT2D eigenvalue weighted by molar-refractivity contribution is -0.132. The summed E-state index contributed by atoms with van der Waals surface area (Å²) in [4.78, 5) is 26.8. The van der Waals surface area contributed by atoms with Crippen LogP contribution in [0.2, 0.25) is 5.02 Å². The van der Waals surface area contributed by atoms with E-state index in [0.29, 0.717) is 12.3 Å². The minimum Gasteiger partial charge on any atom is -0.506 e. The Balaban J connectivity index is 1.38. The normalized spacial score (nSPS) is 11.1. The number of rotatable bonds is 9. The number of hydrogen-bond acceptors (Lipinski definition) is 5. The minimum atomic E-state index is -0.461. The van der Waals surface area contributed by atoms with Gasteiger partial charge in [-0.25, -0.2) is 5.43 Å². The number of carbonyl (C=O) groups excluding carboxylic acids is 2. The van der Waals surface area contributed by atoms with Crippen LogP contribution in [0.1, 0.15) is 32.6 Å². The first-order valence-electron chi connectivity index (χ1n) is 12.5. The van der Waals surface area contributed by atoms with Crippen LogP contribution in [0.15, 0.2) is 77.9 Å². The van der Waals surface area contributed by atoms with Crippen molar-refractivity contribution in [3.8, 4) is 11.5 Å². The van der Waals surface area contributed by atoms with Crippen LogP contribution in [0.5, 0.6) is 11.5 Å². The van der Waals surface area contributed by atoms with Crippen molar-refractivity contribution in [2.24, 2.45) is 5.10 Å². The van der Waals surface area contributed by atoms with Crippen molar-refractivity contribution >= 4 is 40.4 Å². The largest absolute Gasteiger partial charge is 0.506 e. The van der Waals surface area contributed by atoms with E-state index in [-0.39, 0.29) is 28.8 Å². The van der Waals surface area contributed by atoms with Gasteiger partial charge in [-0.15, -0.1) is 0 Å². The number of aromatic hydroxyl groups is 1. The molecule has 0 fully saturated rings. The van der Waals surface area contributed by atoms with Crippen LogP contribution >= 0.6 is 11.6 Å². The van der Waals surface area contributed by atoms with Gasteiger partial charge in [0.05, 0.1) is 11.2 Å². The summed E-state index contributed by atoms with van der Waals surface area (Å²) in [6.07, 6.45) is 2.31. The van der Waals surface area contributed by atoms with Gasteiger partial charge in [-0.1, -0.05) is 54.1 Å². The molecule has 0 bridgehead atoms. The summed E-state index contributed by atoms with van der Waals surface area (Å²) in [6, 6.07) is 21.8. The monoisotopic (exact) mass is 543 g/mol. The fourth-order valence-electron chi connectivity index (χ4n) is 4.04. The van der Waals surface area contributed by atoms with Gasteiger partial charge in [0, 0.05) is 30.1 Å². The fourth-order valence-corrected chi connectivity index (χ4v) is 4.22. The molecule has 0 saturated heterocycles. The Morgan fingerprint density at radius 2 is 1.77 bits per heavy atom. The zero-order valence-electron chi connectivity index (χ0n) is 22.1. The maximum absolute atomic E-state index is 12.7. The summed E-state index contributed by atoms with van der Waals surface area (Å²) < 4.78 is 5.93. The van der Waals surface area contributed by atoms with Crippen LogP contribution in [-0.2, 0) is 11.2 Å². The number of nitrogens with one attached hydrogen (secondary N) is 1. The summed E-state index contributed by atoms with van der Waals surface area (Å²) in [5, 5.41) is 15.4. The van der Waals surface area contributed by atoms with Gasteiger partial charge in [0.1, 0.15) is 11.5 Å². The van der Waals surface area contributed by atoms with Gasteiger partial charge in [-0.2, -0.15) is 5.10 Å². The highest BCUT2D eigenvalue weighted by Crippen LogP contribution is 2.28. The van der Waals surface area contributed by atoms with Gasteiger partial charge in [0.25, 0.3) is 11.8 Å². The number of phenols is 1. The van der Waals surface area contributed by atoms with Gasteiger partial charge in [-0.05, 0) is 72.7 Å². The van der Waals surface area contributed by atoms with Gasteiger partial charge >= 0.3 is 0 Å². The highest BCUT2D eigenvalue weighted by Gasteiger charge is 2.13. The first kappa shape index (κ1) is 27.7. The summed E-state index contributed by atoms with van der Waals surface area (Å²) in [5.41, 5.74) is 7.20. The number of hydrogen-bond donors (Lipinski definition) is 2. The Labute approximate surface area is 232 Å². The lowest BCUT2D eigenvalue weighted by atomic mass is 10.0. The number of hydrazone groups is 1. The molecular weight excluding hydrogens is 514 g/mol. The number of phenolic OH excluding ortho intramolecular Hbond substituents is 1. The highest BCUT2D eigenvalue weighted by atomic mass is 35.5. The topological polar surface area (TPSA) is 91.2 Å². The second kappa shape index (κ2) is 12.5. The Hall–Kier alpha value is -4.36. The molecule has 0 unspecified atom stereocenters. The molecule has 200 valence electrons. The number of amides is 2. The molecule has 4 aromatic carbocycles. The van der Waals surface area contributed by atoms with E-state index >= 15 is 0 Å². The Bertz CT molecular complexity index is 1550. The van der Waals surface area contributed by atoms with E-state index in [2.05, 4.69) is 42.6 Å². The lowest BCUT2D eigenvalue weighted by Gasteiger charge is -2.18. The predicted molar refractivity (Wildman–Crippen MR) is 155 cm³/mol. The molecule has 2 N–H and O–H groups in total. The maximum Gasteiger partial charge on any atom is 0.271 e. The second-order valence-corrected chi connectivity index (χ2v) is 9.74. The number of likely N-dealkylation sites (N-methyl/N-ethyl adjacent to an activating group) is 1. The Morgan fingerprint density at radius 1 is 1.00 bits per heavy atom. The van der Waals surface area contributed by atoms with Gasteiger partial charge in [0.2, 0.25) is 0 Å². The number of ether oxygens (including phenoxy) is 1. The van der Waals surface area contributed by atoms with Gasteiger partial charge in [0.15, 0.2) is 6.61 Å². The molecule has 0 aliphatic carbocycles. The zero-order chi connectivity index (χ0) is 27.9. The molecule has 0 aliphatic rings. The fraction of sp³-hybridized carbons (Fsp3) is 0.194. The van der Waals surface area contributed by atoms with Crippen molar-refractivity contribution in [1.29, 1.82) is 0 Å². The van der Waals surface area contributed by atoms with Crippen LogP contribution in [0.25, 0.3) is 10.8 Å². The molecule has 0 atom stereocenters. The van der Waals surface area contributed by atoms with E-state index in [9.17, 15) is 14.7 Å². The van der Waals surface area contributed by atoms with E-state index in [1.54, 1.807) is 18.0 Å². The van der Waals surface area contributed by atoms with Crippen molar-refractivity contribution < 1.29 is 19.4 Å². The number of carbonyl (C=O) groups is 2. The molecule has 0 aliphatic heterocycles. The summed E-state index contributed by atoms with van der Waals surface area (Å²) in [7, 11) is 1.78. The minimum absolute atomic E-state index is 0.0773. The molecular formula is C31H30ClN3O4.